The van der Waals surface area contributed by atoms with Crippen molar-refractivity contribution < 1.29 is 24.1 Å². The fourth-order valence-electron chi connectivity index (χ4n) is 3.32. The highest BCUT2D eigenvalue weighted by atomic mass is 16.6. The van der Waals surface area contributed by atoms with Crippen LogP contribution in [0.4, 0.5) is 0 Å². The zero-order chi connectivity index (χ0) is 21.5. The molecule has 0 saturated carbocycles. The van der Waals surface area contributed by atoms with E-state index in [-0.39, 0.29) is 25.8 Å². The molecule has 1 heterocycles. The zero-order valence-electron chi connectivity index (χ0n) is 17.0. The number of carbonyl (C=O) groups excluding carboxylic acids is 1. The van der Waals surface area contributed by atoms with E-state index in [1.807, 2.05) is 18.2 Å². The number of hydrogen-bond donors (Lipinski definition) is 3. The summed E-state index contributed by atoms with van der Waals surface area (Å²) in [6.45, 7) is 3.35. The molecule has 1 aliphatic rings. The highest BCUT2D eigenvalue weighted by Crippen LogP contribution is 2.29. The highest BCUT2D eigenvalue weighted by Gasteiger charge is 2.25. The van der Waals surface area contributed by atoms with Crippen molar-refractivity contribution in [3.8, 4) is 11.5 Å². The van der Waals surface area contributed by atoms with Gasteiger partial charge >= 0.3 is 5.97 Å². The van der Waals surface area contributed by atoms with Gasteiger partial charge in [-0.3, -0.25) is 5.41 Å². The van der Waals surface area contributed by atoms with Gasteiger partial charge in [0.1, 0.15) is 18.1 Å². The lowest BCUT2D eigenvalue weighted by atomic mass is 9.99. The summed E-state index contributed by atoms with van der Waals surface area (Å²) in [6.07, 6.45) is -0.131. The Hall–Kier alpha value is -3.26. The number of nitrogens with two attached hydrogens (primary N) is 1. The van der Waals surface area contributed by atoms with E-state index in [1.165, 1.54) is 5.56 Å². The third kappa shape index (κ3) is 5.21. The molecular weight excluding hydrogens is 386 g/mol. The minimum absolute atomic E-state index is 0.0416. The number of nitrogens with one attached hydrogen (secondary N) is 1. The standard InChI is InChI=1S/C22H27N3O5/c1-2-28-21(27)20(16-4-6-18(7-5-16)29-12-11-26)30-19-8-3-15-9-10-25(22(23)24)14-17(15)13-19/h3-8,13,20,26H,2,9-12,14H2,1H3,(H3,23,24). The first-order valence-electron chi connectivity index (χ1n) is 9.89. The average molecular weight is 413 g/mol. The molecular formula is C22H27N3O5. The number of hydrogen-bond acceptors (Lipinski definition) is 6. The van der Waals surface area contributed by atoms with Crippen LogP contribution in [0, 0.1) is 5.41 Å². The van der Waals surface area contributed by atoms with Crippen molar-refractivity contribution in [2.75, 3.05) is 26.4 Å². The van der Waals surface area contributed by atoms with Crippen molar-refractivity contribution in [3.05, 3.63) is 59.2 Å². The van der Waals surface area contributed by atoms with Gasteiger partial charge in [0.15, 0.2) is 5.96 Å². The number of guanidine groups is 1. The lowest BCUT2D eigenvalue weighted by molar-refractivity contribution is -0.151. The number of fused-ring (bicyclic) bond motifs is 1. The molecule has 1 atom stereocenters. The fourth-order valence-corrected chi connectivity index (χ4v) is 3.32. The van der Waals surface area contributed by atoms with E-state index in [0.29, 0.717) is 30.2 Å². The van der Waals surface area contributed by atoms with Gasteiger partial charge in [-0.1, -0.05) is 18.2 Å². The third-order valence-electron chi connectivity index (χ3n) is 4.83. The van der Waals surface area contributed by atoms with Crippen molar-refractivity contribution in [2.24, 2.45) is 5.73 Å². The lowest BCUT2D eigenvalue weighted by Crippen LogP contribution is -2.40. The summed E-state index contributed by atoms with van der Waals surface area (Å²) in [6, 6.07) is 12.6. The average Bonchev–Trinajstić information content (AvgIpc) is 2.76. The van der Waals surface area contributed by atoms with E-state index in [4.69, 9.17) is 30.5 Å². The number of esters is 1. The van der Waals surface area contributed by atoms with Gasteiger partial charge in [0, 0.05) is 18.7 Å². The van der Waals surface area contributed by atoms with Crippen LogP contribution in [0.15, 0.2) is 42.5 Å². The van der Waals surface area contributed by atoms with Gasteiger partial charge in [0.25, 0.3) is 0 Å². The van der Waals surface area contributed by atoms with Crippen molar-refractivity contribution >= 4 is 11.9 Å². The highest BCUT2D eigenvalue weighted by molar-refractivity contribution is 5.77. The van der Waals surface area contributed by atoms with Crippen LogP contribution in [0.25, 0.3) is 0 Å². The van der Waals surface area contributed by atoms with Gasteiger partial charge in [-0.2, -0.15) is 0 Å². The van der Waals surface area contributed by atoms with Gasteiger partial charge in [-0.25, -0.2) is 4.79 Å². The predicted molar refractivity (Wildman–Crippen MR) is 111 cm³/mol. The molecule has 1 aliphatic heterocycles. The van der Waals surface area contributed by atoms with Crippen LogP contribution in [0.3, 0.4) is 0 Å². The Kier molecular flexibility index (Phi) is 7.13. The third-order valence-corrected chi connectivity index (χ3v) is 4.83. The van der Waals surface area contributed by atoms with Crippen LogP contribution >= 0.6 is 0 Å². The molecule has 1 unspecified atom stereocenters. The Morgan fingerprint density at radius 1 is 1.20 bits per heavy atom. The molecule has 0 aromatic heterocycles. The molecule has 160 valence electrons. The Morgan fingerprint density at radius 3 is 2.60 bits per heavy atom. The van der Waals surface area contributed by atoms with Gasteiger partial charge in [0.2, 0.25) is 6.10 Å². The number of rotatable bonds is 8. The first kappa shape index (κ1) is 21.4. The van der Waals surface area contributed by atoms with E-state index in [1.54, 1.807) is 36.1 Å². The summed E-state index contributed by atoms with van der Waals surface area (Å²) in [7, 11) is 0. The molecule has 30 heavy (non-hydrogen) atoms. The van der Waals surface area contributed by atoms with Gasteiger partial charge in [-0.15, -0.1) is 0 Å². The smallest absolute Gasteiger partial charge is 0.352 e. The first-order chi connectivity index (χ1) is 14.5. The summed E-state index contributed by atoms with van der Waals surface area (Å²) in [5.74, 6) is 0.691. The summed E-state index contributed by atoms with van der Waals surface area (Å²) < 4.78 is 16.6. The molecule has 0 bridgehead atoms. The predicted octanol–water partition coefficient (Wildman–Crippen LogP) is 1.99. The second kappa shape index (κ2) is 9.98. The van der Waals surface area contributed by atoms with Crippen LogP contribution in [-0.2, 0) is 22.5 Å². The molecule has 8 heteroatoms. The van der Waals surface area contributed by atoms with E-state index in [2.05, 4.69) is 0 Å². The Morgan fingerprint density at radius 2 is 1.93 bits per heavy atom. The molecule has 0 fully saturated rings. The van der Waals surface area contributed by atoms with Gasteiger partial charge < -0.3 is 30.0 Å². The molecule has 0 spiro atoms. The Labute approximate surface area is 175 Å². The van der Waals surface area contributed by atoms with Gasteiger partial charge in [0.05, 0.1) is 13.2 Å². The minimum atomic E-state index is -0.928. The summed E-state index contributed by atoms with van der Waals surface area (Å²) in [5, 5.41) is 16.5. The Bertz CT molecular complexity index is 885. The van der Waals surface area contributed by atoms with Crippen LogP contribution in [0.1, 0.15) is 29.7 Å². The van der Waals surface area contributed by atoms with Crippen molar-refractivity contribution in [1.82, 2.24) is 4.90 Å². The monoisotopic (exact) mass is 413 g/mol. The zero-order valence-corrected chi connectivity index (χ0v) is 17.0. The second-order valence-electron chi connectivity index (χ2n) is 6.88. The molecule has 0 aliphatic carbocycles. The van der Waals surface area contributed by atoms with Crippen molar-refractivity contribution in [2.45, 2.75) is 26.0 Å². The number of aliphatic hydroxyl groups is 1. The normalized spacial score (nSPS) is 13.9. The van der Waals surface area contributed by atoms with Crippen LogP contribution in [0.2, 0.25) is 0 Å². The fraction of sp³-hybridized carbons (Fsp3) is 0.364. The molecule has 3 rings (SSSR count). The number of benzene rings is 2. The van der Waals surface area contributed by atoms with E-state index in [9.17, 15) is 4.79 Å². The SMILES string of the molecule is CCOC(=O)C(Oc1ccc2c(c1)CN(C(=N)N)CC2)c1ccc(OCCO)cc1. The van der Waals surface area contributed by atoms with Crippen LogP contribution in [0.5, 0.6) is 11.5 Å². The molecule has 0 saturated heterocycles. The van der Waals surface area contributed by atoms with Crippen LogP contribution in [-0.4, -0.2) is 48.3 Å². The quantitative estimate of drug-likeness (QED) is 0.344. The number of aliphatic hydroxyl groups excluding tert-OH is 1. The summed E-state index contributed by atoms with van der Waals surface area (Å²) in [4.78, 5) is 14.4. The topological polar surface area (TPSA) is 118 Å². The maximum absolute atomic E-state index is 12.6. The lowest BCUT2D eigenvalue weighted by Gasteiger charge is -2.29. The minimum Gasteiger partial charge on any atom is -0.491 e. The van der Waals surface area contributed by atoms with E-state index < -0.39 is 12.1 Å². The number of ether oxygens (including phenoxy) is 3. The first-order valence-corrected chi connectivity index (χ1v) is 9.89. The van der Waals surface area contributed by atoms with E-state index >= 15 is 0 Å². The molecule has 0 amide bonds. The molecule has 4 N–H and O–H groups in total. The maximum Gasteiger partial charge on any atom is 0.352 e. The summed E-state index contributed by atoms with van der Waals surface area (Å²) in [5.41, 5.74) is 8.46. The largest absolute Gasteiger partial charge is 0.491 e. The molecule has 8 nitrogen and oxygen atoms in total. The molecule has 0 radical (unpaired) electrons. The van der Waals surface area contributed by atoms with Gasteiger partial charge in [-0.05, 0) is 48.7 Å². The Balaban J connectivity index is 1.81. The second-order valence-corrected chi connectivity index (χ2v) is 6.88. The van der Waals surface area contributed by atoms with Crippen LogP contribution < -0.4 is 15.2 Å². The van der Waals surface area contributed by atoms with Crippen molar-refractivity contribution in [1.29, 1.82) is 5.41 Å². The summed E-state index contributed by atoms with van der Waals surface area (Å²) >= 11 is 0. The number of nitrogens with zero attached hydrogens (tertiary/aromatic N) is 1. The maximum atomic E-state index is 12.6. The van der Waals surface area contributed by atoms with E-state index in [0.717, 1.165) is 12.0 Å². The number of carbonyl (C=O) groups is 1. The van der Waals surface area contributed by atoms with Crippen molar-refractivity contribution in [3.63, 3.8) is 0 Å². The molecule has 2 aromatic rings. The molecule has 2 aromatic carbocycles.